The van der Waals surface area contributed by atoms with Crippen LogP contribution < -0.4 is 5.32 Å². The van der Waals surface area contributed by atoms with Gasteiger partial charge in [0.15, 0.2) is 0 Å². The summed E-state index contributed by atoms with van der Waals surface area (Å²) in [5.74, 6) is 0. The first-order valence-electron chi connectivity index (χ1n) is 8.49. The van der Waals surface area contributed by atoms with Crippen LogP contribution in [0.2, 0.25) is 5.02 Å². The Kier molecular flexibility index (Phi) is 4.77. The van der Waals surface area contributed by atoms with Crippen LogP contribution in [-0.4, -0.2) is 40.0 Å². The van der Waals surface area contributed by atoms with Gasteiger partial charge in [-0.15, -0.1) is 0 Å². The Labute approximate surface area is 156 Å². The number of urea groups is 1. The summed E-state index contributed by atoms with van der Waals surface area (Å²) in [4.78, 5) is 18.4. The summed E-state index contributed by atoms with van der Waals surface area (Å²) in [6.07, 6.45) is 5.39. The third-order valence-corrected chi connectivity index (χ3v) is 4.76. The van der Waals surface area contributed by atoms with Gasteiger partial charge in [-0.2, -0.15) is 0 Å². The molecule has 0 aliphatic carbocycles. The number of morpholine rings is 1. The zero-order valence-electron chi connectivity index (χ0n) is 14.1. The smallest absolute Gasteiger partial charge is 0.317 e. The summed E-state index contributed by atoms with van der Waals surface area (Å²) in [5.41, 5.74) is 3.07. The third kappa shape index (κ3) is 3.66. The average Bonchev–Trinajstić information content (AvgIpc) is 3.14. The van der Waals surface area contributed by atoms with Crippen molar-refractivity contribution in [1.29, 1.82) is 0 Å². The Morgan fingerprint density at radius 1 is 1.27 bits per heavy atom. The maximum absolute atomic E-state index is 12.5. The molecule has 0 radical (unpaired) electrons. The fourth-order valence-corrected chi connectivity index (χ4v) is 3.20. The number of nitrogens with zero attached hydrogens (tertiary/aromatic N) is 3. The number of ether oxygens (including phenoxy) is 1. The third-order valence-electron chi connectivity index (χ3n) is 4.51. The number of carbonyl (C=O) groups is 1. The van der Waals surface area contributed by atoms with E-state index in [2.05, 4.69) is 10.3 Å². The standard InChI is InChI=1S/C19H19ClN4O2/c20-16-4-2-15(3-5-16)18-12-23(7-8-26-18)19(25)22-9-14-1-6-17-10-21-13-24(17)11-14/h1-6,10-11,13,18H,7-9,12H2,(H,22,25)/t18-/m1/s1. The lowest BCUT2D eigenvalue weighted by Gasteiger charge is -2.33. The van der Waals surface area contributed by atoms with Crippen LogP contribution in [0.25, 0.3) is 5.52 Å². The number of amides is 2. The second kappa shape index (κ2) is 7.35. The van der Waals surface area contributed by atoms with Crippen molar-refractivity contribution in [1.82, 2.24) is 19.6 Å². The fraction of sp³-hybridized carbons (Fsp3) is 0.263. The molecule has 0 unspecified atom stereocenters. The first kappa shape index (κ1) is 16.9. The number of hydrogen-bond donors (Lipinski definition) is 1. The first-order valence-corrected chi connectivity index (χ1v) is 8.87. The summed E-state index contributed by atoms with van der Waals surface area (Å²) in [7, 11) is 0. The van der Waals surface area contributed by atoms with E-state index in [1.54, 1.807) is 17.4 Å². The van der Waals surface area contributed by atoms with Crippen LogP contribution in [0.3, 0.4) is 0 Å². The van der Waals surface area contributed by atoms with Crippen LogP contribution in [-0.2, 0) is 11.3 Å². The van der Waals surface area contributed by atoms with Gasteiger partial charge in [0.25, 0.3) is 0 Å². The number of benzene rings is 1. The molecular formula is C19H19ClN4O2. The highest BCUT2D eigenvalue weighted by atomic mass is 35.5. The zero-order chi connectivity index (χ0) is 17.9. The molecular weight excluding hydrogens is 352 g/mol. The van der Waals surface area contributed by atoms with Gasteiger partial charge in [-0.05, 0) is 29.3 Å². The number of halogens is 1. The van der Waals surface area contributed by atoms with Crippen LogP contribution in [0, 0.1) is 0 Å². The van der Waals surface area contributed by atoms with Crippen molar-refractivity contribution in [2.24, 2.45) is 0 Å². The minimum Gasteiger partial charge on any atom is -0.370 e. The quantitative estimate of drug-likeness (QED) is 0.769. The normalized spacial score (nSPS) is 17.4. The molecule has 134 valence electrons. The van der Waals surface area contributed by atoms with Crippen LogP contribution in [0.1, 0.15) is 17.2 Å². The van der Waals surface area contributed by atoms with E-state index in [1.807, 2.05) is 47.0 Å². The number of aromatic nitrogens is 2. The Hall–Kier alpha value is -2.57. The average molecular weight is 371 g/mol. The van der Waals surface area contributed by atoms with Crippen LogP contribution >= 0.6 is 11.6 Å². The highest BCUT2D eigenvalue weighted by Gasteiger charge is 2.25. The highest BCUT2D eigenvalue weighted by Crippen LogP contribution is 2.23. The molecule has 7 heteroatoms. The zero-order valence-corrected chi connectivity index (χ0v) is 14.9. The van der Waals surface area contributed by atoms with Crippen molar-refractivity contribution in [2.75, 3.05) is 19.7 Å². The van der Waals surface area contributed by atoms with Gasteiger partial charge in [-0.1, -0.05) is 29.8 Å². The second-order valence-electron chi connectivity index (χ2n) is 6.28. The van der Waals surface area contributed by atoms with E-state index in [4.69, 9.17) is 16.3 Å². The van der Waals surface area contributed by atoms with Crippen molar-refractivity contribution >= 4 is 23.1 Å². The number of nitrogens with one attached hydrogen (secondary N) is 1. The first-order chi connectivity index (χ1) is 12.7. The summed E-state index contributed by atoms with van der Waals surface area (Å²) >= 11 is 5.94. The monoisotopic (exact) mass is 370 g/mol. The van der Waals surface area contributed by atoms with Gasteiger partial charge < -0.3 is 19.4 Å². The number of pyridine rings is 1. The molecule has 0 saturated carbocycles. The molecule has 26 heavy (non-hydrogen) atoms. The van der Waals surface area contributed by atoms with Gasteiger partial charge in [0.05, 0.1) is 31.2 Å². The molecule has 2 aromatic heterocycles. The fourth-order valence-electron chi connectivity index (χ4n) is 3.07. The van der Waals surface area contributed by atoms with Crippen molar-refractivity contribution in [3.8, 4) is 0 Å². The molecule has 1 saturated heterocycles. The molecule has 1 atom stereocenters. The van der Waals surface area contributed by atoms with Crippen LogP contribution in [0.4, 0.5) is 4.79 Å². The minimum atomic E-state index is -0.130. The van der Waals surface area contributed by atoms with E-state index in [1.165, 1.54) is 0 Å². The number of rotatable bonds is 3. The van der Waals surface area contributed by atoms with Crippen LogP contribution in [0.5, 0.6) is 0 Å². The highest BCUT2D eigenvalue weighted by molar-refractivity contribution is 6.30. The summed E-state index contributed by atoms with van der Waals surface area (Å²) in [5, 5.41) is 3.67. The molecule has 3 heterocycles. The van der Waals surface area contributed by atoms with Crippen molar-refractivity contribution < 1.29 is 9.53 Å². The molecule has 1 aromatic carbocycles. The van der Waals surface area contributed by atoms with Crippen LogP contribution in [0.15, 0.2) is 55.1 Å². The van der Waals surface area contributed by atoms with E-state index in [9.17, 15) is 4.79 Å². The number of fused-ring (bicyclic) bond motifs is 1. The van der Waals surface area contributed by atoms with E-state index >= 15 is 0 Å². The van der Waals surface area contributed by atoms with Gasteiger partial charge in [0.1, 0.15) is 6.10 Å². The lowest BCUT2D eigenvalue weighted by Crippen LogP contribution is -2.46. The Bertz CT molecular complexity index is 909. The largest absolute Gasteiger partial charge is 0.370 e. The second-order valence-corrected chi connectivity index (χ2v) is 6.72. The van der Waals surface area contributed by atoms with Gasteiger partial charge in [-0.25, -0.2) is 9.78 Å². The van der Waals surface area contributed by atoms with Crippen molar-refractivity contribution in [2.45, 2.75) is 12.6 Å². The van der Waals surface area contributed by atoms with Crippen molar-refractivity contribution in [3.63, 3.8) is 0 Å². The van der Waals surface area contributed by atoms with Gasteiger partial charge in [-0.3, -0.25) is 0 Å². The maximum atomic E-state index is 12.5. The minimum absolute atomic E-state index is 0.0852. The number of hydrogen-bond acceptors (Lipinski definition) is 3. The Morgan fingerprint density at radius 2 is 2.12 bits per heavy atom. The van der Waals surface area contributed by atoms with Gasteiger partial charge in [0.2, 0.25) is 0 Å². The lowest BCUT2D eigenvalue weighted by atomic mass is 10.1. The van der Waals surface area contributed by atoms with Gasteiger partial charge >= 0.3 is 6.03 Å². The topological polar surface area (TPSA) is 58.9 Å². The molecule has 1 fully saturated rings. The molecule has 4 rings (SSSR count). The molecule has 3 aromatic rings. The van der Waals surface area contributed by atoms with E-state index < -0.39 is 0 Å². The number of carbonyl (C=O) groups excluding carboxylic acids is 1. The molecule has 0 spiro atoms. The Morgan fingerprint density at radius 3 is 2.96 bits per heavy atom. The summed E-state index contributed by atoms with van der Waals surface area (Å²) < 4.78 is 7.75. The van der Waals surface area contributed by atoms with E-state index in [-0.39, 0.29) is 12.1 Å². The molecule has 2 amide bonds. The predicted octanol–water partition coefficient (Wildman–Crippen LogP) is 3.27. The predicted molar refractivity (Wildman–Crippen MR) is 99.1 cm³/mol. The molecule has 0 bridgehead atoms. The van der Waals surface area contributed by atoms with E-state index in [0.717, 1.165) is 16.6 Å². The summed E-state index contributed by atoms with van der Waals surface area (Å²) in [6, 6.07) is 11.4. The Balaban J connectivity index is 1.37. The molecule has 1 aliphatic rings. The maximum Gasteiger partial charge on any atom is 0.317 e. The number of imidazole rings is 1. The molecule has 1 N–H and O–H groups in total. The molecule has 6 nitrogen and oxygen atoms in total. The summed E-state index contributed by atoms with van der Waals surface area (Å²) in [6.45, 7) is 2.09. The van der Waals surface area contributed by atoms with Crippen molar-refractivity contribution in [3.05, 3.63) is 71.3 Å². The lowest BCUT2D eigenvalue weighted by molar-refractivity contribution is -0.0154. The van der Waals surface area contributed by atoms with Gasteiger partial charge in [0, 0.05) is 24.3 Å². The molecule has 1 aliphatic heterocycles. The SMILES string of the molecule is O=C(NCc1ccc2cncn2c1)N1CCO[C@@H](c2ccc(Cl)cc2)C1. The van der Waals surface area contributed by atoms with E-state index in [0.29, 0.717) is 31.3 Å².